The zero-order valence-electron chi connectivity index (χ0n) is 11.6. The Morgan fingerprint density at radius 1 is 0.909 bits per heavy atom. The van der Waals surface area contributed by atoms with Crippen molar-refractivity contribution in [2.45, 2.75) is 19.3 Å². The van der Waals surface area contributed by atoms with Gasteiger partial charge < -0.3 is 0 Å². The SMILES string of the molecule is O=C1C[C@H]2CC[C@@H]1[C@H]1C(=O)N(c3cc(Br)cc(Br)c3)C(=O)[C@@H]21. The Kier molecular flexibility index (Phi) is 3.31. The normalized spacial score (nSPS) is 33.5. The van der Waals surface area contributed by atoms with Gasteiger partial charge in [-0.25, -0.2) is 4.90 Å². The first-order valence-electron chi connectivity index (χ1n) is 7.34. The highest BCUT2D eigenvalue weighted by Gasteiger charge is 2.60. The largest absolute Gasteiger partial charge is 0.299 e. The number of amides is 2. The highest BCUT2D eigenvalue weighted by atomic mass is 79.9. The van der Waals surface area contributed by atoms with Gasteiger partial charge in [0, 0.05) is 21.3 Å². The van der Waals surface area contributed by atoms with Gasteiger partial charge in [-0.3, -0.25) is 14.4 Å². The molecule has 1 saturated heterocycles. The van der Waals surface area contributed by atoms with E-state index in [0.717, 1.165) is 21.8 Å². The van der Waals surface area contributed by atoms with Gasteiger partial charge in [0.2, 0.25) is 11.8 Å². The van der Waals surface area contributed by atoms with Crippen molar-refractivity contribution in [2.75, 3.05) is 4.90 Å². The number of hydrogen-bond donors (Lipinski definition) is 0. The van der Waals surface area contributed by atoms with Gasteiger partial charge in [0.25, 0.3) is 0 Å². The number of fused-ring (bicyclic) bond motifs is 2. The van der Waals surface area contributed by atoms with E-state index in [4.69, 9.17) is 0 Å². The fourth-order valence-electron chi connectivity index (χ4n) is 4.31. The molecule has 0 spiro atoms. The Balaban J connectivity index is 1.78. The number of carbonyl (C=O) groups is 3. The van der Waals surface area contributed by atoms with Gasteiger partial charge in [-0.2, -0.15) is 0 Å². The van der Waals surface area contributed by atoms with E-state index in [1.54, 1.807) is 12.1 Å². The second kappa shape index (κ2) is 4.99. The van der Waals surface area contributed by atoms with Crippen molar-refractivity contribution in [1.82, 2.24) is 0 Å². The summed E-state index contributed by atoms with van der Waals surface area (Å²) < 4.78 is 1.60. The predicted molar refractivity (Wildman–Crippen MR) is 87.2 cm³/mol. The van der Waals surface area contributed by atoms with E-state index in [2.05, 4.69) is 31.9 Å². The van der Waals surface area contributed by atoms with Crippen LogP contribution in [0.1, 0.15) is 19.3 Å². The molecule has 4 aliphatic rings. The van der Waals surface area contributed by atoms with Crippen molar-refractivity contribution < 1.29 is 14.4 Å². The summed E-state index contributed by atoms with van der Waals surface area (Å²) in [6.07, 6.45) is 2.09. The minimum absolute atomic E-state index is 0.0412. The molecule has 1 aliphatic heterocycles. The Morgan fingerprint density at radius 3 is 2.18 bits per heavy atom. The molecule has 1 aromatic rings. The number of nitrogens with zero attached hydrogens (tertiary/aromatic N) is 1. The van der Waals surface area contributed by atoms with Crippen LogP contribution in [-0.4, -0.2) is 17.6 Å². The zero-order valence-corrected chi connectivity index (χ0v) is 14.8. The smallest absolute Gasteiger partial charge is 0.238 e. The van der Waals surface area contributed by atoms with Gasteiger partial charge in [-0.1, -0.05) is 31.9 Å². The van der Waals surface area contributed by atoms with Gasteiger partial charge >= 0.3 is 0 Å². The fraction of sp³-hybridized carbons (Fsp3) is 0.438. The van der Waals surface area contributed by atoms with Crippen LogP contribution in [0.3, 0.4) is 0 Å². The van der Waals surface area contributed by atoms with Gasteiger partial charge in [0.15, 0.2) is 0 Å². The summed E-state index contributed by atoms with van der Waals surface area (Å²) in [5, 5.41) is 0. The van der Waals surface area contributed by atoms with E-state index >= 15 is 0 Å². The number of hydrogen-bond acceptors (Lipinski definition) is 3. The minimum Gasteiger partial charge on any atom is -0.299 e. The van der Waals surface area contributed by atoms with Crippen LogP contribution < -0.4 is 4.90 Å². The number of Topliss-reactive ketones (excluding diaryl/α,β-unsaturated/α-hetero) is 1. The zero-order chi connectivity index (χ0) is 15.6. The summed E-state index contributed by atoms with van der Waals surface area (Å²) in [5.41, 5.74) is 0.567. The average molecular weight is 427 g/mol. The Bertz CT molecular complexity index is 697. The molecule has 114 valence electrons. The average Bonchev–Trinajstić information content (AvgIpc) is 2.72. The molecule has 2 bridgehead atoms. The molecule has 4 atom stereocenters. The van der Waals surface area contributed by atoms with Crippen LogP contribution in [0.5, 0.6) is 0 Å². The lowest BCUT2D eigenvalue weighted by atomic mass is 9.59. The van der Waals surface area contributed by atoms with Crippen LogP contribution in [0, 0.1) is 23.7 Å². The topological polar surface area (TPSA) is 54.5 Å². The first-order chi connectivity index (χ1) is 10.5. The maximum absolute atomic E-state index is 12.8. The van der Waals surface area contributed by atoms with E-state index in [1.165, 1.54) is 4.90 Å². The Morgan fingerprint density at radius 2 is 1.55 bits per heavy atom. The number of anilines is 1. The summed E-state index contributed by atoms with van der Waals surface area (Å²) in [6, 6.07) is 5.39. The lowest BCUT2D eigenvalue weighted by Crippen LogP contribution is -2.46. The summed E-state index contributed by atoms with van der Waals surface area (Å²) in [7, 11) is 0. The van der Waals surface area contributed by atoms with Gasteiger partial charge in [-0.05, 0) is 37.0 Å². The monoisotopic (exact) mass is 425 g/mol. The first kappa shape index (κ1) is 14.6. The summed E-state index contributed by atoms with van der Waals surface area (Å²) in [5.74, 6) is -1.14. The van der Waals surface area contributed by atoms with Gasteiger partial charge in [0.05, 0.1) is 17.5 Å². The molecule has 0 unspecified atom stereocenters. The molecule has 0 aromatic heterocycles. The van der Waals surface area contributed by atoms with Crippen LogP contribution >= 0.6 is 31.9 Å². The number of ketones is 1. The van der Waals surface area contributed by atoms with Crippen LogP contribution in [0.15, 0.2) is 27.1 Å². The Hall–Kier alpha value is -1.01. The van der Waals surface area contributed by atoms with Gasteiger partial charge in [0.1, 0.15) is 5.78 Å². The summed E-state index contributed by atoms with van der Waals surface area (Å²) in [4.78, 5) is 39.1. The molecule has 1 heterocycles. The fourth-order valence-corrected chi connectivity index (χ4v) is 5.58. The van der Waals surface area contributed by atoms with Crippen molar-refractivity contribution in [1.29, 1.82) is 0 Å². The molecule has 6 heteroatoms. The quantitative estimate of drug-likeness (QED) is 0.647. The maximum Gasteiger partial charge on any atom is 0.238 e. The standard InChI is InChI=1S/C16H13Br2NO3/c17-8-4-9(18)6-10(5-8)19-15(21)13-7-1-2-11(12(20)3-7)14(13)16(19)22/h4-7,11,13-14H,1-3H2/t7-,11+,13+,14-/m1/s1. The molecule has 3 aliphatic carbocycles. The first-order valence-corrected chi connectivity index (χ1v) is 8.92. The molecule has 2 amide bonds. The number of halogens is 2. The number of benzene rings is 1. The molecule has 5 rings (SSSR count). The molecule has 22 heavy (non-hydrogen) atoms. The van der Waals surface area contributed by atoms with E-state index in [-0.39, 0.29) is 35.4 Å². The molecule has 0 N–H and O–H groups in total. The van der Waals surface area contributed by atoms with E-state index in [0.29, 0.717) is 12.1 Å². The van der Waals surface area contributed by atoms with Crippen molar-refractivity contribution in [3.05, 3.63) is 27.1 Å². The van der Waals surface area contributed by atoms with Crippen LogP contribution in [0.4, 0.5) is 5.69 Å². The second-order valence-corrected chi connectivity index (χ2v) is 8.14. The molecule has 0 radical (unpaired) electrons. The molecule has 4 fully saturated rings. The molecular formula is C16H13Br2NO3. The lowest BCUT2D eigenvalue weighted by molar-refractivity contribution is -0.143. The van der Waals surface area contributed by atoms with Crippen LogP contribution in [-0.2, 0) is 14.4 Å². The van der Waals surface area contributed by atoms with Crippen molar-refractivity contribution in [3.63, 3.8) is 0 Å². The number of rotatable bonds is 1. The van der Waals surface area contributed by atoms with Crippen molar-refractivity contribution >= 4 is 55.1 Å². The molecule has 3 saturated carbocycles. The second-order valence-electron chi connectivity index (χ2n) is 6.31. The maximum atomic E-state index is 12.8. The summed E-state index contributed by atoms with van der Waals surface area (Å²) in [6.45, 7) is 0. The minimum atomic E-state index is -0.440. The van der Waals surface area contributed by atoms with E-state index < -0.39 is 5.92 Å². The summed E-state index contributed by atoms with van der Waals surface area (Å²) >= 11 is 6.78. The van der Waals surface area contributed by atoms with Crippen molar-refractivity contribution in [2.24, 2.45) is 23.7 Å². The predicted octanol–water partition coefficient (Wildman–Crippen LogP) is 3.32. The number of imide groups is 1. The third-order valence-electron chi connectivity index (χ3n) is 5.17. The highest BCUT2D eigenvalue weighted by molar-refractivity contribution is 9.11. The third-order valence-corrected chi connectivity index (χ3v) is 6.09. The molecule has 4 nitrogen and oxygen atoms in total. The van der Waals surface area contributed by atoms with E-state index in [1.807, 2.05) is 6.07 Å². The van der Waals surface area contributed by atoms with Gasteiger partial charge in [-0.15, -0.1) is 0 Å². The number of carbonyl (C=O) groups excluding carboxylic acids is 3. The molecule has 1 aromatic carbocycles. The third kappa shape index (κ3) is 1.96. The van der Waals surface area contributed by atoms with Crippen molar-refractivity contribution in [3.8, 4) is 0 Å². The lowest BCUT2D eigenvalue weighted by Gasteiger charge is -2.41. The Labute approximate surface area is 144 Å². The van der Waals surface area contributed by atoms with Crippen LogP contribution in [0.25, 0.3) is 0 Å². The van der Waals surface area contributed by atoms with E-state index in [9.17, 15) is 14.4 Å². The highest BCUT2D eigenvalue weighted by Crippen LogP contribution is 2.52. The molecular weight excluding hydrogens is 414 g/mol. The van der Waals surface area contributed by atoms with Crippen LogP contribution in [0.2, 0.25) is 0 Å².